The van der Waals surface area contributed by atoms with Gasteiger partial charge in [0.1, 0.15) is 11.6 Å². The van der Waals surface area contributed by atoms with Crippen molar-refractivity contribution >= 4 is 11.8 Å². The molecule has 3 aromatic carbocycles. The Bertz CT molecular complexity index is 1130. The second-order valence-corrected chi connectivity index (χ2v) is 8.43. The van der Waals surface area contributed by atoms with Gasteiger partial charge in [-0.2, -0.15) is 0 Å². The summed E-state index contributed by atoms with van der Waals surface area (Å²) in [6, 6.07) is 18.2. The van der Waals surface area contributed by atoms with E-state index in [1.54, 1.807) is 11.8 Å². The zero-order valence-electron chi connectivity index (χ0n) is 18.5. The van der Waals surface area contributed by atoms with E-state index in [0.717, 1.165) is 36.8 Å². The Hall–Kier alpha value is -3.01. The third-order valence-electron chi connectivity index (χ3n) is 5.08. The van der Waals surface area contributed by atoms with Gasteiger partial charge in [-0.25, -0.2) is 8.78 Å². The van der Waals surface area contributed by atoms with Crippen LogP contribution in [0.25, 0.3) is 0 Å². The van der Waals surface area contributed by atoms with Gasteiger partial charge in [-0.05, 0) is 85.3 Å². The molecule has 0 N–H and O–H groups in total. The lowest BCUT2D eigenvalue weighted by atomic mass is 10.0. The molecule has 0 amide bonds. The lowest BCUT2D eigenvalue weighted by molar-refractivity contribution is 0.571. The fourth-order valence-electron chi connectivity index (χ4n) is 3.24. The summed E-state index contributed by atoms with van der Waals surface area (Å²) in [5.74, 6) is 10.6. The minimum atomic E-state index is -0.599. The lowest BCUT2D eigenvalue weighted by Gasteiger charge is -2.04. The van der Waals surface area contributed by atoms with Crippen LogP contribution in [0.5, 0.6) is 0 Å². The summed E-state index contributed by atoms with van der Waals surface area (Å²) in [5.41, 5.74) is 3.00. The van der Waals surface area contributed by atoms with E-state index in [2.05, 4.69) is 30.6 Å². The molecule has 0 aliphatic rings. The van der Waals surface area contributed by atoms with Gasteiger partial charge in [0.25, 0.3) is 0 Å². The minimum Gasteiger partial charge on any atom is -0.206 e. The molecule has 0 saturated heterocycles. The summed E-state index contributed by atoms with van der Waals surface area (Å²) in [6.45, 7) is 2.14. The molecule has 0 spiro atoms. The molecule has 0 aliphatic carbocycles. The van der Waals surface area contributed by atoms with Crippen molar-refractivity contribution in [1.82, 2.24) is 0 Å². The maximum Gasteiger partial charge on any atom is 0.142 e. The molecule has 0 saturated carbocycles. The molecule has 0 heterocycles. The smallest absolute Gasteiger partial charge is 0.142 e. The van der Waals surface area contributed by atoms with Crippen LogP contribution in [0.4, 0.5) is 8.78 Å². The van der Waals surface area contributed by atoms with E-state index >= 15 is 0 Å². The van der Waals surface area contributed by atoms with Crippen molar-refractivity contribution in [2.45, 2.75) is 43.9 Å². The molecular weight excluding hydrogens is 418 g/mol. The molecule has 0 radical (unpaired) electrons. The van der Waals surface area contributed by atoms with Crippen LogP contribution < -0.4 is 0 Å². The first-order valence-electron chi connectivity index (χ1n) is 10.8. The topological polar surface area (TPSA) is 0 Å². The van der Waals surface area contributed by atoms with Gasteiger partial charge in [0.05, 0.1) is 5.56 Å². The zero-order chi connectivity index (χ0) is 22.8. The van der Waals surface area contributed by atoms with Crippen LogP contribution >= 0.6 is 11.8 Å². The first-order valence-corrected chi connectivity index (χ1v) is 12.1. The normalized spacial score (nSPS) is 10.1. The van der Waals surface area contributed by atoms with Crippen molar-refractivity contribution in [3.63, 3.8) is 0 Å². The van der Waals surface area contributed by atoms with Crippen molar-refractivity contribution in [1.29, 1.82) is 0 Å². The van der Waals surface area contributed by atoms with E-state index in [1.165, 1.54) is 17.0 Å². The van der Waals surface area contributed by atoms with Gasteiger partial charge in [-0.15, -0.1) is 11.8 Å². The second kappa shape index (κ2) is 12.1. The number of aryl methyl sites for hydroxylation is 1. The highest BCUT2D eigenvalue weighted by Crippen LogP contribution is 2.17. The number of benzene rings is 3. The third kappa shape index (κ3) is 7.01. The van der Waals surface area contributed by atoms with Gasteiger partial charge in [-0.3, -0.25) is 0 Å². The van der Waals surface area contributed by atoms with E-state index < -0.39 is 11.6 Å². The number of hydrogen-bond donors (Lipinski definition) is 0. The van der Waals surface area contributed by atoms with E-state index in [1.807, 2.05) is 54.8 Å². The number of rotatable bonds is 6. The van der Waals surface area contributed by atoms with Crippen LogP contribution in [0.1, 0.15) is 60.4 Å². The molecule has 0 bridgehead atoms. The Morgan fingerprint density at radius 2 is 1.19 bits per heavy atom. The molecule has 0 aliphatic heterocycles. The quantitative estimate of drug-likeness (QED) is 0.214. The summed E-state index contributed by atoms with van der Waals surface area (Å²) >= 11 is 1.70. The molecule has 0 atom stereocenters. The molecule has 0 nitrogen and oxygen atoms in total. The van der Waals surface area contributed by atoms with Crippen molar-refractivity contribution in [2.24, 2.45) is 0 Å². The lowest BCUT2D eigenvalue weighted by Crippen LogP contribution is -1.95. The molecule has 3 heteroatoms. The fraction of sp³-hybridized carbons (Fsp3) is 0.241. The highest BCUT2D eigenvalue weighted by atomic mass is 32.2. The van der Waals surface area contributed by atoms with Crippen molar-refractivity contribution in [2.75, 3.05) is 6.26 Å². The Morgan fingerprint density at radius 3 is 1.69 bits per heavy atom. The van der Waals surface area contributed by atoms with Gasteiger partial charge < -0.3 is 0 Å². The van der Waals surface area contributed by atoms with Crippen LogP contribution in [-0.2, 0) is 6.42 Å². The largest absolute Gasteiger partial charge is 0.206 e. The Morgan fingerprint density at radius 1 is 0.688 bits per heavy atom. The third-order valence-corrected chi connectivity index (χ3v) is 5.82. The Kier molecular flexibility index (Phi) is 8.97. The van der Waals surface area contributed by atoms with Crippen molar-refractivity contribution < 1.29 is 8.78 Å². The summed E-state index contributed by atoms with van der Waals surface area (Å²) < 4.78 is 28.8. The number of halogens is 2. The highest BCUT2D eigenvalue weighted by Gasteiger charge is 2.09. The molecule has 0 fully saturated rings. The van der Waals surface area contributed by atoms with Crippen LogP contribution in [0.3, 0.4) is 0 Å². The molecular formula is C29H26F2S. The molecule has 0 unspecified atom stereocenters. The van der Waals surface area contributed by atoms with Crippen LogP contribution in [0, 0.1) is 35.3 Å². The SMILES string of the molecule is CCCCCCc1cc(F)c(C#Cc2ccc(C#Cc3ccc(SC)cc3)cc2)c(F)c1. The Labute approximate surface area is 194 Å². The average molecular weight is 445 g/mol. The number of thioether (sulfide) groups is 1. The molecule has 32 heavy (non-hydrogen) atoms. The number of unbranched alkanes of at least 4 members (excludes halogenated alkanes) is 3. The predicted octanol–water partition coefficient (Wildman–Crippen LogP) is 7.61. The van der Waals surface area contributed by atoms with Gasteiger partial charge >= 0.3 is 0 Å². The van der Waals surface area contributed by atoms with E-state index in [9.17, 15) is 8.78 Å². The monoisotopic (exact) mass is 444 g/mol. The molecule has 0 aromatic heterocycles. The average Bonchev–Trinajstić information content (AvgIpc) is 2.81. The van der Waals surface area contributed by atoms with Crippen molar-refractivity contribution in [3.8, 4) is 23.7 Å². The first kappa shape index (κ1) is 23.6. The summed E-state index contributed by atoms with van der Waals surface area (Å²) in [5, 5.41) is 0. The molecule has 162 valence electrons. The van der Waals surface area contributed by atoms with Crippen molar-refractivity contribution in [3.05, 3.63) is 100 Å². The standard InChI is InChI=1S/C29H26F2S/c1-3-4-5-6-7-25-20-28(30)27(29(31)21-25)19-16-23-11-8-22(9-12-23)10-13-24-14-17-26(32-2)18-15-24/h8-9,11-12,14-15,17-18,20-21H,3-7H2,1-2H3. The summed E-state index contributed by atoms with van der Waals surface area (Å²) in [6.07, 6.45) is 7.02. The Balaban J connectivity index is 1.67. The van der Waals surface area contributed by atoms with E-state index in [-0.39, 0.29) is 5.56 Å². The fourth-order valence-corrected chi connectivity index (χ4v) is 3.64. The van der Waals surface area contributed by atoms with E-state index in [0.29, 0.717) is 17.5 Å². The highest BCUT2D eigenvalue weighted by molar-refractivity contribution is 7.98. The summed E-state index contributed by atoms with van der Waals surface area (Å²) in [4.78, 5) is 1.20. The molecule has 3 rings (SSSR count). The van der Waals surface area contributed by atoms with Crippen LogP contribution in [0.15, 0.2) is 65.6 Å². The summed E-state index contributed by atoms with van der Waals surface area (Å²) in [7, 11) is 0. The zero-order valence-corrected chi connectivity index (χ0v) is 19.3. The maximum atomic E-state index is 14.4. The van der Waals surface area contributed by atoms with Crippen LogP contribution in [0.2, 0.25) is 0 Å². The predicted molar refractivity (Wildman–Crippen MR) is 131 cm³/mol. The molecule has 3 aromatic rings. The van der Waals surface area contributed by atoms with Gasteiger partial charge in [0, 0.05) is 21.6 Å². The maximum absolute atomic E-state index is 14.4. The van der Waals surface area contributed by atoms with Gasteiger partial charge in [0.2, 0.25) is 0 Å². The first-order chi connectivity index (χ1) is 15.6. The van der Waals surface area contributed by atoms with Gasteiger partial charge in [-0.1, -0.05) is 49.9 Å². The second-order valence-electron chi connectivity index (χ2n) is 7.55. The van der Waals surface area contributed by atoms with E-state index in [4.69, 9.17) is 0 Å². The number of hydrogen-bond acceptors (Lipinski definition) is 1. The minimum absolute atomic E-state index is 0.181. The van der Waals surface area contributed by atoms with Crippen LogP contribution in [-0.4, -0.2) is 6.26 Å². The van der Waals surface area contributed by atoms with Gasteiger partial charge in [0.15, 0.2) is 0 Å².